The van der Waals surface area contributed by atoms with Crippen LogP contribution in [-0.4, -0.2) is 10.9 Å². The second-order valence-corrected chi connectivity index (χ2v) is 5.67. The number of carbonyl (C=O) groups is 1. The third kappa shape index (κ3) is 3.10. The van der Waals surface area contributed by atoms with Crippen molar-refractivity contribution in [1.29, 1.82) is 0 Å². The Labute approximate surface area is 139 Å². The quantitative estimate of drug-likeness (QED) is 0.368. The van der Waals surface area contributed by atoms with E-state index in [1.165, 1.54) is 6.07 Å². The molecule has 0 atom stereocenters. The van der Waals surface area contributed by atoms with Crippen LogP contribution in [0.15, 0.2) is 54.1 Å². The highest BCUT2D eigenvalue weighted by Crippen LogP contribution is 2.28. The Balaban J connectivity index is 1.95. The van der Waals surface area contributed by atoms with E-state index in [0.717, 1.165) is 11.1 Å². The van der Waals surface area contributed by atoms with E-state index in [4.69, 9.17) is 4.74 Å². The lowest BCUT2D eigenvalue weighted by Gasteiger charge is -2.01. The normalized spacial score (nSPS) is 15.3. The molecule has 0 saturated carbocycles. The molecule has 0 aliphatic carbocycles. The molecule has 5 nitrogen and oxygen atoms in total. The van der Waals surface area contributed by atoms with Gasteiger partial charge in [0.2, 0.25) is 0 Å². The number of nitro groups is 1. The molecule has 1 aliphatic rings. The van der Waals surface area contributed by atoms with Crippen LogP contribution in [0.1, 0.15) is 22.3 Å². The highest BCUT2D eigenvalue weighted by Gasteiger charge is 2.22. The molecule has 1 aliphatic heterocycles. The van der Waals surface area contributed by atoms with Crippen LogP contribution in [0.2, 0.25) is 0 Å². The van der Waals surface area contributed by atoms with Gasteiger partial charge in [-0.3, -0.25) is 10.1 Å². The summed E-state index contributed by atoms with van der Waals surface area (Å²) in [6.45, 7) is 3.66. The predicted octanol–water partition coefficient (Wildman–Crippen LogP) is 4.19. The molecule has 0 amide bonds. The Morgan fingerprint density at radius 1 is 1.08 bits per heavy atom. The second kappa shape index (κ2) is 6.12. The van der Waals surface area contributed by atoms with E-state index < -0.39 is 10.9 Å². The van der Waals surface area contributed by atoms with Gasteiger partial charge in [-0.1, -0.05) is 42.0 Å². The molecule has 24 heavy (non-hydrogen) atoms. The molecule has 0 aromatic heterocycles. The maximum atomic E-state index is 12.0. The Kier molecular flexibility index (Phi) is 4.00. The van der Waals surface area contributed by atoms with Crippen molar-refractivity contribution in [2.75, 3.05) is 0 Å². The number of cyclic esters (lactones) is 1. The minimum absolute atomic E-state index is 0.0263. The predicted molar refractivity (Wildman–Crippen MR) is 91.1 cm³/mol. The summed E-state index contributed by atoms with van der Waals surface area (Å²) in [6, 6.07) is 12.5. The number of aryl methyl sites for hydroxylation is 2. The van der Waals surface area contributed by atoms with Gasteiger partial charge in [0, 0.05) is 17.2 Å². The van der Waals surface area contributed by atoms with Gasteiger partial charge in [0.05, 0.1) is 10.5 Å². The molecule has 0 unspecified atom stereocenters. The van der Waals surface area contributed by atoms with Gasteiger partial charge in [-0.25, -0.2) is 4.79 Å². The first kappa shape index (κ1) is 15.7. The van der Waals surface area contributed by atoms with Gasteiger partial charge < -0.3 is 4.74 Å². The molecule has 0 saturated heterocycles. The first-order valence-corrected chi connectivity index (χ1v) is 7.42. The van der Waals surface area contributed by atoms with Crippen LogP contribution in [-0.2, 0) is 9.53 Å². The van der Waals surface area contributed by atoms with E-state index in [1.54, 1.807) is 31.2 Å². The minimum Gasteiger partial charge on any atom is -0.422 e. The monoisotopic (exact) mass is 321 g/mol. The number of rotatable bonds is 3. The average Bonchev–Trinajstić information content (AvgIpc) is 2.90. The topological polar surface area (TPSA) is 69.4 Å². The zero-order valence-electron chi connectivity index (χ0n) is 13.3. The van der Waals surface area contributed by atoms with E-state index in [0.29, 0.717) is 22.5 Å². The van der Waals surface area contributed by atoms with E-state index in [1.807, 2.05) is 31.2 Å². The molecule has 2 aromatic carbocycles. The fourth-order valence-corrected chi connectivity index (χ4v) is 2.44. The summed E-state index contributed by atoms with van der Waals surface area (Å²) in [5, 5.41) is 11.0. The number of ether oxygens (including phenoxy) is 1. The smallest absolute Gasteiger partial charge is 0.343 e. The Morgan fingerprint density at radius 3 is 2.46 bits per heavy atom. The zero-order valence-corrected chi connectivity index (χ0v) is 13.3. The lowest BCUT2D eigenvalue weighted by atomic mass is 10.1. The summed E-state index contributed by atoms with van der Waals surface area (Å²) < 4.78 is 5.29. The van der Waals surface area contributed by atoms with Gasteiger partial charge in [0.1, 0.15) is 5.76 Å². The van der Waals surface area contributed by atoms with Gasteiger partial charge in [0.15, 0.2) is 0 Å². The van der Waals surface area contributed by atoms with Crippen molar-refractivity contribution in [2.24, 2.45) is 0 Å². The summed E-state index contributed by atoms with van der Waals surface area (Å²) in [6.07, 6.45) is 3.24. The Morgan fingerprint density at radius 2 is 1.79 bits per heavy atom. The van der Waals surface area contributed by atoms with Gasteiger partial charge in [-0.05, 0) is 31.6 Å². The van der Waals surface area contributed by atoms with Crippen LogP contribution < -0.4 is 0 Å². The lowest BCUT2D eigenvalue weighted by Crippen LogP contribution is -1.97. The standard InChI is InChI=1S/C19H15NO4/c1-12-3-7-15(8-4-12)18-11-16(19(21)24-18)9-14-6-5-13(2)17(10-14)20(22)23/h3-11H,1-2H3. The third-order valence-corrected chi connectivity index (χ3v) is 3.81. The average molecular weight is 321 g/mol. The minimum atomic E-state index is -0.464. The van der Waals surface area contributed by atoms with Crippen LogP contribution in [0.3, 0.4) is 0 Å². The van der Waals surface area contributed by atoms with Crippen LogP contribution in [0, 0.1) is 24.0 Å². The van der Waals surface area contributed by atoms with Crippen LogP contribution in [0.4, 0.5) is 5.69 Å². The van der Waals surface area contributed by atoms with Crippen LogP contribution in [0.5, 0.6) is 0 Å². The van der Waals surface area contributed by atoms with Gasteiger partial charge in [0.25, 0.3) is 5.69 Å². The van der Waals surface area contributed by atoms with Crippen molar-refractivity contribution < 1.29 is 14.5 Å². The highest BCUT2D eigenvalue weighted by atomic mass is 16.6. The molecule has 0 radical (unpaired) electrons. The molecule has 0 N–H and O–H groups in total. The van der Waals surface area contributed by atoms with Crippen molar-refractivity contribution in [2.45, 2.75) is 13.8 Å². The van der Waals surface area contributed by atoms with Crippen molar-refractivity contribution in [3.8, 4) is 0 Å². The molecule has 5 heteroatoms. The van der Waals surface area contributed by atoms with Crippen molar-refractivity contribution >= 4 is 23.5 Å². The summed E-state index contributed by atoms with van der Waals surface area (Å²) in [4.78, 5) is 22.6. The number of nitro benzene ring substituents is 1. The van der Waals surface area contributed by atoms with E-state index >= 15 is 0 Å². The molecule has 120 valence electrons. The summed E-state index contributed by atoms with van der Waals surface area (Å²) in [5.74, 6) is 0.0154. The molecular weight excluding hydrogens is 306 g/mol. The molecule has 0 fully saturated rings. The fraction of sp³-hybridized carbons (Fsp3) is 0.105. The SMILES string of the molecule is Cc1ccc(C2=CC(=Cc3ccc(C)c([N+](=O)[O-])c3)C(=O)O2)cc1. The summed E-state index contributed by atoms with van der Waals surface area (Å²) in [5.41, 5.74) is 3.48. The third-order valence-electron chi connectivity index (χ3n) is 3.81. The summed E-state index contributed by atoms with van der Waals surface area (Å²) in [7, 11) is 0. The van der Waals surface area contributed by atoms with E-state index in [9.17, 15) is 14.9 Å². The first-order chi connectivity index (χ1) is 11.4. The molecule has 0 spiro atoms. The molecule has 2 aromatic rings. The molecule has 1 heterocycles. The fourth-order valence-electron chi connectivity index (χ4n) is 2.44. The molecule has 0 bridgehead atoms. The zero-order chi connectivity index (χ0) is 17.3. The molecular formula is C19H15NO4. The molecule has 3 rings (SSSR count). The Bertz CT molecular complexity index is 892. The highest BCUT2D eigenvalue weighted by molar-refractivity contribution is 6.05. The number of benzene rings is 2. The van der Waals surface area contributed by atoms with E-state index in [-0.39, 0.29) is 5.69 Å². The number of hydrogen-bond acceptors (Lipinski definition) is 4. The number of nitrogens with zero attached hydrogens (tertiary/aromatic N) is 1. The van der Waals surface area contributed by atoms with Crippen LogP contribution >= 0.6 is 0 Å². The lowest BCUT2D eigenvalue weighted by molar-refractivity contribution is -0.385. The number of carbonyl (C=O) groups excluding carboxylic acids is 1. The van der Waals surface area contributed by atoms with E-state index in [2.05, 4.69) is 0 Å². The number of hydrogen-bond donors (Lipinski definition) is 0. The first-order valence-electron chi connectivity index (χ1n) is 7.42. The van der Waals surface area contributed by atoms with Crippen molar-refractivity contribution in [3.63, 3.8) is 0 Å². The summed E-state index contributed by atoms with van der Waals surface area (Å²) >= 11 is 0. The van der Waals surface area contributed by atoms with Crippen molar-refractivity contribution in [1.82, 2.24) is 0 Å². The van der Waals surface area contributed by atoms with Gasteiger partial charge >= 0.3 is 5.97 Å². The van der Waals surface area contributed by atoms with Gasteiger partial charge in [-0.15, -0.1) is 0 Å². The second-order valence-electron chi connectivity index (χ2n) is 5.67. The van der Waals surface area contributed by atoms with Gasteiger partial charge in [-0.2, -0.15) is 0 Å². The maximum Gasteiger partial charge on any atom is 0.343 e. The van der Waals surface area contributed by atoms with Crippen molar-refractivity contribution in [3.05, 3.63) is 86.5 Å². The Hall–Kier alpha value is -3.21. The number of esters is 1. The largest absolute Gasteiger partial charge is 0.422 e. The maximum absolute atomic E-state index is 12.0. The van der Waals surface area contributed by atoms with Crippen LogP contribution in [0.25, 0.3) is 11.8 Å².